The summed E-state index contributed by atoms with van der Waals surface area (Å²) in [5, 5.41) is 4.28. The highest BCUT2D eigenvalue weighted by atomic mass is 32.1. The summed E-state index contributed by atoms with van der Waals surface area (Å²) in [4.78, 5) is 29.6. The number of nitrogens with zero attached hydrogens (tertiary/aromatic N) is 3. The number of rotatable bonds is 6. The summed E-state index contributed by atoms with van der Waals surface area (Å²) in [7, 11) is 0. The molecule has 0 fully saturated rings. The molecule has 29 heavy (non-hydrogen) atoms. The molecule has 0 N–H and O–H groups in total. The van der Waals surface area contributed by atoms with E-state index in [4.69, 9.17) is 4.74 Å². The molecule has 0 saturated heterocycles. The Hall–Kier alpha value is -3.58. The molecule has 6 nitrogen and oxygen atoms in total. The van der Waals surface area contributed by atoms with Crippen LogP contribution < -0.4 is 20.4 Å². The van der Waals surface area contributed by atoms with Crippen molar-refractivity contribution in [3.8, 4) is 5.75 Å². The number of hydrogen-bond donors (Lipinski definition) is 0. The van der Waals surface area contributed by atoms with E-state index < -0.39 is 5.56 Å². The van der Waals surface area contributed by atoms with Gasteiger partial charge in [-0.25, -0.2) is 0 Å². The summed E-state index contributed by atoms with van der Waals surface area (Å²) in [5.41, 5.74) is 1.19. The molecule has 0 amide bonds. The minimum atomic E-state index is -0.420. The average Bonchev–Trinajstić information content (AvgIpc) is 3.03. The Kier molecular flexibility index (Phi) is 5.31. The van der Waals surface area contributed by atoms with E-state index in [1.165, 1.54) is 4.52 Å². The van der Waals surface area contributed by atoms with E-state index in [2.05, 4.69) is 16.7 Å². The van der Waals surface area contributed by atoms with Crippen molar-refractivity contribution < 1.29 is 4.74 Å². The van der Waals surface area contributed by atoms with E-state index in [9.17, 15) is 9.59 Å². The molecule has 0 spiro atoms. The lowest BCUT2D eigenvalue weighted by Crippen LogP contribution is -2.28. The van der Waals surface area contributed by atoms with Crippen molar-refractivity contribution in [2.24, 2.45) is 0 Å². The first-order valence-corrected chi connectivity index (χ1v) is 9.78. The number of para-hydroxylation sites is 1. The molecule has 0 aliphatic rings. The van der Waals surface area contributed by atoms with Gasteiger partial charge in [-0.3, -0.25) is 9.59 Å². The lowest BCUT2D eigenvalue weighted by Gasteiger charge is -2.05. The zero-order valence-corrected chi connectivity index (χ0v) is 16.3. The molecule has 4 aromatic rings. The predicted molar refractivity (Wildman–Crippen MR) is 114 cm³/mol. The number of hydrogen-bond acceptors (Lipinski definition) is 6. The van der Waals surface area contributed by atoms with Crippen molar-refractivity contribution >= 4 is 22.4 Å². The Labute approximate surface area is 170 Å². The van der Waals surface area contributed by atoms with Gasteiger partial charge in [0.15, 0.2) is 0 Å². The van der Waals surface area contributed by atoms with Crippen LogP contribution in [0.15, 0.2) is 76.8 Å². The molecule has 0 bridgehead atoms. The summed E-state index contributed by atoms with van der Waals surface area (Å²) in [6, 6.07) is 16.9. The molecule has 0 radical (unpaired) electrons. The van der Waals surface area contributed by atoms with Crippen LogP contribution in [0.4, 0.5) is 0 Å². The normalized spacial score (nSPS) is 11.7. The third kappa shape index (κ3) is 4.00. The van der Waals surface area contributed by atoms with E-state index in [-0.39, 0.29) is 16.2 Å². The molecule has 2 aromatic heterocycles. The monoisotopic (exact) mass is 403 g/mol. The van der Waals surface area contributed by atoms with E-state index in [1.54, 1.807) is 12.2 Å². The fourth-order valence-electron chi connectivity index (χ4n) is 2.86. The fourth-order valence-corrected chi connectivity index (χ4v) is 3.76. The third-order valence-corrected chi connectivity index (χ3v) is 5.19. The molecule has 0 atom stereocenters. The van der Waals surface area contributed by atoms with Gasteiger partial charge >= 0.3 is 0 Å². The van der Waals surface area contributed by atoms with Gasteiger partial charge in [0.05, 0.1) is 4.53 Å². The highest BCUT2D eigenvalue weighted by molar-refractivity contribution is 7.15. The maximum Gasteiger partial charge on any atom is 0.296 e. The van der Waals surface area contributed by atoms with E-state index in [1.807, 2.05) is 54.6 Å². The quantitative estimate of drug-likeness (QED) is 0.462. The van der Waals surface area contributed by atoms with Crippen LogP contribution in [-0.2, 0) is 6.42 Å². The van der Waals surface area contributed by atoms with Crippen LogP contribution in [-0.4, -0.2) is 21.2 Å². The van der Waals surface area contributed by atoms with Crippen molar-refractivity contribution in [2.45, 2.75) is 6.42 Å². The minimum absolute atomic E-state index is 0.241. The Bertz CT molecular complexity index is 1340. The van der Waals surface area contributed by atoms with Crippen molar-refractivity contribution in [2.75, 3.05) is 6.61 Å². The fraction of sp³-hybridized carbons (Fsp3) is 0.0909. The van der Waals surface area contributed by atoms with Gasteiger partial charge in [-0.2, -0.15) is 14.6 Å². The number of aromatic nitrogens is 3. The maximum absolute atomic E-state index is 12.9. The predicted octanol–water partition coefficient (Wildman–Crippen LogP) is 2.21. The van der Waals surface area contributed by atoms with Gasteiger partial charge in [-0.1, -0.05) is 72.5 Å². The van der Waals surface area contributed by atoms with Gasteiger partial charge < -0.3 is 4.74 Å². The standard InChI is InChI=1S/C22H17N3O3S/c1-2-12-28-18-11-7-6-10-16(18)14-19-21(27)25-22(29-19)23-20(26)17(24-25)13-15-8-4-3-5-9-15/h2-11,14H,1,12-13H2/b19-14-. The molecule has 0 saturated carbocycles. The first kappa shape index (κ1) is 18.8. The molecular weight excluding hydrogens is 386 g/mol. The topological polar surface area (TPSA) is 73.6 Å². The van der Waals surface area contributed by atoms with Crippen LogP contribution in [0.5, 0.6) is 5.75 Å². The summed E-state index contributed by atoms with van der Waals surface area (Å²) in [5.74, 6) is 0.643. The maximum atomic E-state index is 12.9. The van der Waals surface area contributed by atoms with Crippen molar-refractivity contribution in [3.05, 3.63) is 109 Å². The van der Waals surface area contributed by atoms with Crippen LogP contribution in [0.25, 0.3) is 11.0 Å². The zero-order valence-electron chi connectivity index (χ0n) is 15.4. The molecule has 144 valence electrons. The third-order valence-electron chi connectivity index (χ3n) is 4.23. The highest BCUT2D eigenvalue weighted by Gasteiger charge is 2.12. The largest absolute Gasteiger partial charge is 0.489 e. The van der Waals surface area contributed by atoms with Crippen LogP contribution >= 0.6 is 11.3 Å². The SMILES string of the molecule is C=CCOc1ccccc1/C=c1\sc2nc(=O)c(Cc3ccccc3)nn2c1=O. The molecule has 0 aliphatic heterocycles. The Balaban J connectivity index is 1.79. The van der Waals surface area contributed by atoms with Gasteiger partial charge in [0.2, 0.25) is 4.96 Å². The first-order chi connectivity index (χ1) is 14.2. The minimum Gasteiger partial charge on any atom is -0.489 e. The number of benzene rings is 2. The summed E-state index contributed by atoms with van der Waals surface area (Å²) >= 11 is 1.13. The van der Waals surface area contributed by atoms with Gasteiger partial charge in [-0.15, -0.1) is 0 Å². The van der Waals surface area contributed by atoms with Crippen molar-refractivity contribution in [1.82, 2.24) is 14.6 Å². The van der Waals surface area contributed by atoms with Crippen LogP contribution in [0.3, 0.4) is 0 Å². The number of fused-ring (bicyclic) bond motifs is 1. The first-order valence-electron chi connectivity index (χ1n) is 8.97. The Morgan fingerprint density at radius 1 is 1.07 bits per heavy atom. The summed E-state index contributed by atoms with van der Waals surface area (Å²) in [6.45, 7) is 4.01. The Morgan fingerprint density at radius 2 is 1.83 bits per heavy atom. The van der Waals surface area contributed by atoms with Crippen LogP contribution in [0, 0.1) is 0 Å². The molecule has 7 heteroatoms. The van der Waals surface area contributed by atoms with Crippen LogP contribution in [0.1, 0.15) is 16.8 Å². The second kappa shape index (κ2) is 8.20. The van der Waals surface area contributed by atoms with Crippen LogP contribution in [0.2, 0.25) is 0 Å². The zero-order chi connectivity index (χ0) is 20.2. The number of ether oxygens (including phenoxy) is 1. The second-order valence-corrected chi connectivity index (χ2v) is 7.28. The average molecular weight is 403 g/mol. The highest BCUT2D eigenvalue weighted by Crippen LogP contribution is 2.18. The van der Waals surface area contributed by atoms with Gasteiger partial charge in [0.1, 0.15) is 18.1 Å². The molecule has 0 unspecified atom stereocenters. The Morgan fingerprint density at radius 3 is 2.62 bits per heavy atom. The molecule has 0 aliphatic carbocycles. The van der Waals surface area contributed by atoms with E-state index in [0.717, 1.165) is 22.5 Å². The second-order valence-electron chi connectivity index (χ2n) is 6.27. The molecule has 2 heterocycles. The summed E-state index contributed by atoms with van der Waals surface area (Å²) < 4.78 is 7.27. The smallest absolute Gasteiger partial charge is 0.296 e. The van der Waals surface area contributed by atoms with Crippen molar-refractivity contribution in [3.63, 3.8) is 0 Å². The van der Waals surface area contributed by atoms with E-state index >= 15 is 0 Å². The lowest BCUT2D eigenvalue weighted by molar-refractivity contribution is 0.362. The van der Waals surface area contributed by atoms with Gasteiger partial charge in [-0.05, 0) is 17.7 Å². The van der Waals surface area contributed by atoms with Gasteiger partial charge in [0, 0.05) is 12.0 Å². The van der Waals surface area contributed by atoms with Gasteiger partial charge in [0.25, 0.3) is 11.1 Å². The summed E-state index contributed by atoms with van der Waals surface area (Å²) in [6.07, 6.45) is 3.70. The molecule has 4 rings (SSSR count). The van der Waals surface area contributed by atoms with E-state index in [0.29, 0.717) is 23.3 Å². The molecular formula is C22H17N3O3S. The molecule has 2 aromatic carbocycles. The lowest BCUT2D eigenvalue weighted by atomic mass is 10.1. The van der Waals surface area contributed by atoms with Crippen molar-refractivity contribution in [1.29, 1.82) is 0 Å². The number of thiazole rings is 1.